The molecule has 0 aliphatic heterocycles. The third kappa shape index (κ3) is 13.7. The van der Waals surface area contributed by atoms with Crippen molar-refractivity contribution in [1.29, 1.82) is 0 Å². The van der Waals surface area contributed by atoms with Gasteiger partial charge in [0.15, 0.2) is 0 Å². The maximum Gasteiger partial charge on any atom is 0.0514 e. The van der Waals surface area contributed by atoms with E-state index < -0.39 is 0 Å². The molecular formula is C14H28O. The van der Waals surface area contributed by atoms with Crippen LogP contribution in [0.25, 0.3) is 0 Å². The van der Waals surface area contributed by atoms with Crippen molar-refractivity contribution >= 4 is 0 Å². The Morgan fingerprint density at radius 2 is 1.60 bits per heavy atom. The molecule has 90 valence electrons. The van der Waals surface area contributed by atoms with Crippen LogP contribution in [0.1, 0.15) is 54.4 Å². The van der Waals surface area contributed by atoms with Crippen LogP contribution < -0.4 is 0 Å². The van der Waals surface area contributed by atoms with E-state index in [2.05, 4.69) is 53.7 Å². The fraction of sp³-hybridized carbons (Fsp3) is 0.857. The first-order valence-corrected chi connectivity index (χ1v) is 5.96. The van der Waals surface area contributed by atoms with Crippen molar-refractivity contribution in [1.82, 2.24) is 0 Å². The van der Waals surface area contributed by atoms with Crippen molar-refractivity contribution < 1.29 is 4.74 Å². The zero-order valence-electron chi connectivity index (χ0n) is 11.4. The molecule has 0 bridgehead atoms. The maximum absolute atomic E-state index is 5.60. The summed E-state index contributed by atoms with van der Waals surface area (Å²) in [6.07, 6.45) is 6.79. The van der Waals surface area contributed by atoms with Crippen molar-refractivity contribution in [2.24, 2.45) is 10.8 Å². The number of allylic oxidation sites excluding steroid dienone is 2. The van der Waals surface area contributed by atoms with Crippen LogP contribution in [0.3, 0.4) is 0 Å². The molecule has 0 aromatic heterocycles. The molecule has 0 amide bonds. The molecule has 15 heavy (non-hydrogen) atoms. The van der Waals surface area contributed by atoms with E-state index in [-0.39, 0.29) is 0 Å². The van der Waals surface area contributed by atoms with Crippen molar-refractivity contribution in [3.05, 3.63) is 12.2 Å². The first-order valence-electron chi connectivity index (χ1n) is 5.96. The van der Waals surface area contributed by atoms with Gasteiger partial charge < -0.3 is 4.74 Å². The lowest BCUT2D eigenvalue weighted by Gasteiger charge is -2.17. The molecular weight excluding hydrogens is 184 g/mol. The highest BCUT2D eigenvalue weighted by Crippen LogP contribution is 2.15. The summed E-state index contributed by atoms with van der Waals surface area (Å²) in [5.74, 6) is 0. The second-order valence-electron chi connectivity index (χ2n) is 6.52. The van der Waals surface area contributed by atoms with E-state index in [1.807, 2.05) is 0 Å². The third-order valence-electron chi connectivity index (χ3n) is 1.81. The highest BCUT2D eigenvalue weighted by atomic mass is 16.5. The van der Waals surface area contributed by atoms with Gasteiger partial charge >= 0.3 is 0 Å². The normalized spacial score (nSPS) is 13.7. The van der Waals surface area contributed by atoms with E-state index in [4.69, 9.17) is 4.74 Å². The Bertz CT molecular complexity index is 178. The Morgan fingerprint density at radius 1 is 1.00 bits per heavy atom. The zero-order chi connectivity index (χ0) is 11.9. The summed E-state index contributed by atoms with van der Waals surface area (Å²) in [6, 6.07) is 0. The van der Waals surface area contributed by atoms with Crippen LogP contribution in [-0.4, -0.2) is 13.2 Å². The second-order valence-corrected chi connectivity index (χ2v) is 6.52. The minimum Gasteiger partial charge on any atom is -0.381 e. The molecule has 0 atom stereocenters. The van der Waals surface area contributed by atoms with Gasteiger partial charge in [-0.15, -0.1) is 0 Å². The molecule has 0 aliphatic rings. The van der Waals surface area contributed by atoms with E-state index in [1.165, 1.54) is 0 Å². The average molecular weight is 212 g/mol. The SMILES string of the molecule is CC(C)(C)/C=C\CCCOCC(C)(C)C. The van der Waals surface area contributed by atoms with Crippen LogP contribution in [0.15, 0.2) is 12.2 Å². The first kappa shape index (κ1) is 14.7. The van der Waals surface area contributed by atoms with E-state index >= 15 is 0 Å². The number of hydrogen-bond donors (Lipinski definition) is 0. The van der Waals surface area contributed by atoms with E-state index in [1.54, 1.807) is 0 Å². The Morgan fingerprint density at radius 3 is 2.07 bits per heavy atom. The lowest BCUT2D eigenvalue weighted by molar-refractivity contribution is 0.0701. The van der Waals surface area contributed by atoms with E-state index in [9.17, 15) is 0 Å². The van der Waals surface area contributed by atoms with Crippen molar-refractivity contribution in [2.75, 3.05) is 13.2 Å². The number of hydrogen-bond acceptors (Lipinski definition) is 1. The molecule has 0 radical (unpaired) electrons. The Labute approximate surface area is 95.9 Å². The summed E-state index contributed by atoms with van der Waals surface area (Å²) in [7, 11) is 0. The van der Waals surface area contributed by atoms with Gasteiger partial charge in [-0.1, -0.05) is 53.7 Å². The van der Waals surface area contributed by atoms with Gasteiger partial charge in [-0.05, 0) is 23.7 Å². The highest BCUT2D eigenvalue weighted by Gasteiger charge is 2.09. The minimum atomic E-state index is 0.293. The van der Waals surface area contributed by atoms with Crippen molar-refractivity contribution in [3.63, 3.8) is 0 Å². The average Bonchev–Trinajstić information content (AvgIpc) is 1.98. The summed E-state index contributed by atoms with van der Waals surface area (Å²) >= 11 is 0. The monoisotopic (exact) mass is 212 g/mol. The molecule has 0 aliphatic carbocycles. The molecule has 0 spiro atoms. The predicted molar refractivity (Wildman–Crippen MR) is 68.1 cm³/mol. The molecule has 1 nitrogen and oxygen atoms in total. The van der Waals surface area contributed by atoms with Crippen molar-refractivity contribution in [3.8, 4) is 0 Å². The van der Waals surface area contributed by atoms with Crippen LogP contribution in [0.5, 0.6) is 0 Å². The number of unbranched alkanes of at least 4 members (excludes halogenated alkanes) is 1. The van der Waals surface area contributed by atoms with Gasteiger partial charge in [-0.25, -0.2) is 0 Å². The molecule has 0 heterocycles. The Kier molecular flexibility index (Phi) is 6.19. The zero-order valence-corrected chi connectivity index (χ0v) is 11.4. The highest BCUT2D eigenvalue weighted by molar-refractivity contribution is 4.91. The van der Waals surface area contributed by atoms with Gasteiger partial charge in [-0.3, -0.25) is 0 Å². The molecule has 1 heteroatoms. The van der Waals surface area contributed by atoms with Gasteiger partial charge in [-0.2, -0.15) is 0 Å². The summed E-state index contributed by atoms with van der Waals surface area (Å²) in [5.41, 5.74) is 0.605. The molecule has 0 saturated carbocycles. The summed E-state index contributed by atoms with van der Waals surface area (Å²) in [6.45, 7) is 15.0. The number of ether oxygens (including phenoxy) is 1. The van der Waals surface area contributed by atoms with Gasteiger partial charge in [0, 0.05) is 6.61 Å². The van der Waals surface area contributed by atoms with E-state index in [0.717, 1.165) is 26.1 Å². The van der Waals surface area contributed by atoms with Crippen molar-refractivity contribution in [2.45, 2.75) is 54.4 Å². The third-order valence-corrected chi connectivity index (χ3v) is 1.81. The summed E-state index contributed by atoms with van der Waals surface area (Å²) in [4.78, 5) is 0. The Hall–Kier alpha value is -0.300. The second kappa shape index (κ2) is 6.32. The molecule has 0 rings (SSSR count). The van der Waals surface area contributed by atoms with Crippen LogP contribution >= 0.6 is 0 Å². The van der Waals surface area contributed by atoms with E-state index in [0.29, 0.717) is 10.8 Å². The molecule has 0 aromatic rings. The first-order chi connectivity index (χ1) is 6.71. The molecule has 0 fully saturated rings. The molecule has 0 N–H and O–H groups in total. The fourth-order valence-corrected chi connectivity index (χ4v) is 1.12. The Balaban J connectivity index is 3.37. The number of rotatable bonds is 5. The van der Waals surface area contributed by atoms with Gasteiger partial charge in [0.05, 0.1) is 6.61 Å². The quantitative estimate of drug-likeness (QED) is 0.484. The largest absolute Gasteiger partial charge is 0.381 e. The lowest BCUT2D eigenvalue weighted by atomic mass is 9.96. The smallest absolute Gasteiger partial charge is 0.0514 e. The minimum absolute atomic E-state index is 0.293. The maximum atomic E-state index is 5.60. The van der Waals surface area contributed by atoms with Crippen LogP contribution in [0, 0.1) is 10.8 Å². The van der Waals surface area contributed by atoms with Crippen LogP contribution in [0.2, 0.25) is 0 Å². The fourth-order valence-electron chi connectivity index (χ4n) is 1.12. The van der Waals surface area contributed by atoms with Gasteiger partial charge in [0.25, 0.3) is 0 Å². The van der Waals surface area contributed by atoms with Gasteiger partial charge in [0.1, 0.15) is 0 Å². The summed E-state index contributed by atoms with van der Waals surface area (Å²) in [5, 5.41) is 0. The van der Waals surface area contributed by atoms with Gasteiger partial charge in [0.2, 0.25) is 0 Å². The predicted octanol–water partition coefficient (Wildman–Crippen LogP) is 4.43. The lowest BCUT2D eigenvalue weighted by Crippen LogP contribution is -2.14. The standard InChI is InChI=1S/C14H28O/c1-13(2,3)10-8-7-9-11-15-12-14(4,5)6/h8,10H,7,9,11-12H2,1-6H3/b10-8-. The molecule has 0 aromatic carbocycles. The summed E-state index contributed by atoms with van der Waals surface area (Å²) < 4.78 is 5.60. The van der Waals surface area contributed by atoms with Crippen LogP contribution in [-0.2, 0) is 4.74 Å². The molecule has 0 saturated heterocycles. The van der Waals surface area contributed by atoms with Crippen LogP contribution in [0.4, 0.5) is 0 Å². The topological polar surface area (TPSA) is 9.23 Å². The molecule has 0 unspecified atom stereocenters.